The van der Waals surface area contributed by atoms with Gasteiger partial charge in [-0.25, -0.2) is 8.51 Å². The Morgan fingerprint density at radius 2 is 1.97 bits per heavy atom. The molecule has 1 saturated heterocycles. The molecule has 30 heavy (non-hydrogen) atoms. The number of aryl methyl sites for hydroxylation is 2. The predicted molar refractivity (Wildman–Crippen MR) is 120 cm³/mol. The lowest BCUT2D eigenvalue weighted by Crippen LogP contribution is -2.38. The van der Waals surface area contributed by atoms with Gasteiger partial charge < -0.3 is 4.74 Å². The molecule has 2 aromatic heterocycles. The van der Waals surface area contributed by atoms with E-state index in [0.29, 0.717) is 12.5 Å². The van der Waals surface area contributed by atoms with Crippen molar-refractivity contribution in [3.05, 3.63) is 46.5 Å². The Kier molecular flexibility index (Phi) is 7.79. The maximum atomic E-state index is 12.6. The highest BCUT2D eigenvalue weighted by molar-refractivity contribution is 7.80. The van der Waals surface area contributed by atoms with Gasteiger partial charge in [-0.2, -0.15) is 9.19 Å². The van der Waals surface area contributed by atoms with Gasteiger partial charge in [-0.15, -0.1) is 0 Å². The second kappa shape index (κ2) is 10.1. The zero-order chi connectivity index (χ0) is 21.8. The van der Waals surface area contributed by atoms with Gasteiger partial charge >= 0.3 is 0 Å². The minimum atomic E-state index is -1.35. The molecule has 0 saturated carbocycles. The smallest absolute Gasteiger partial charge is 0.219 e. The predicted octanol–water partition coefficient (Wildman–Crippen LogP) is 3.05. The molecule has 166 valence electrons. The van der Waals surface area contributed by atoms with E-state index in [4.69, 9.17) is 9.84 Å². The number of rotatable bonds is 8. The van der Waals surface area contributed by atoms with Crippen LogP contribution in [-0.2, 0) is 28.9 Å². The molecule has 1 aliphatic heterocycles. The first kappa shape index (κ1) is 23.1. The molecule has 3 rings (SSSR count). The average Bonchev–Trinajstić information content (AvgIpc) is 3.10. The Balaban J connectivity index is 1.73. The maximum Gasteiger partial charge on any atom is 0.219 e. The summed E-state index contributed by atoms with van der Waals surface area (Å²) in [5.41, 5.74) is 5.36. The molecular weight excluding hydrogens is 398 g/mol. The fourth-order valence-electron chi connectivity index (χ4n) is 4.34. The van der Waals surface area contributed by atoms with Crippen LogP contribution in [0.3, 0.4) is 0 Å². The third-order valence-electron chi connectivity index (χ3n) is 5.71. The van der Waals surface area contributed by atoms with Crippen LogP contribution in [0.2, 0.25) is 0 Å². The van der Waals surface area contributed by atoms with Crippen LogP contribution in [0, 0.1) is 19.8 Å². The highest BCUT2D eigenvalue weighted by Crippen LogP contribution is 2.29. The number of hydrogen-bond donors (Lipinski definition) is 0. The number of methoxy groups -OCH3 is 1. The fraction of sp³-hybridized carbons (Fsp3) is 0.636. The summed E-state index contributed by atoms with van der Waals surface area (Å²) in [6.07, 6.45) is 3.52. The van der Waals surface area contributed by atoms with Crippen molar-refractivity contribution in [3.8, 4) is 0 Å². The quantitative estimate of drug-likeness (QED) is 0.640. The van der Waals surface area contributed by atoms with E-state index < -0.39 is 11.2 Å². The topological polar surface area (TPSA) is 63.5 Å². The van der Waals surface area contributed by atoms with Crippen molar-refractivity contribution < 1.29 is 8.95 Å². The van der Waals surface area contributed by atoms with E-state index in [-0.39, 0.29) is 6.04 Å². The largest absolute Gasteiger partial charge is 0.378 e. The number of ether oxygens (including phenoxy) is 1. The van der Waals surface area contributed by atoms with Crippen molar-refractivity contribution in [2.45, 2.75) is 52.7 Å². The molecule has 1 fully saturated rings. The van der Waals surface area contributed by atoms with Gasteiger partial charge in [-0.05, 0) is 76.3 Å². The van der Waals surface area contributed by atoms with Gasteiger partial charge in [-0.1, -0.05) is 0 Å². The molecule has 0 radical (unpaired) electrons. The first-order valence-corrected chi connectivity index (χ1v) is 11.7. The van der Waals surface area contributed by atoms with E-state index in [9.17, 15) is 4.21 Å². The average molecular weight is 434 g/mol. The van der Waals surface area contributed by atoms with Gasteiger partial charge in [0.05, 0.1) is 24.0 Å². The standard InChI is InChI=1S/C22H35N5O2S/c1-16-10-20(11-17(2)23-16)12-19-8-7-9-26(14-19)18(3)22-13-21(15-29-6)27(24-22)30(28)25(4)5/h10-11,13,18-19H,7-9,12,14-15H2,1-6H3/t18?,19-,30?/m1/s1. The summed E-state index contributed by atoms with van der Waals surface area (Å²) in [7, 11) is 5.22. The zero-order valence-corrected chi connectivity index (χ0v) is 19.9. The van der Waals surface area contributed by atoms with Gasteiger partial charge in [0.15, 0.2) is 0 Å². The van der Waals surface area contributed by atoms with Crippen molar-refractivity contribution >= 4 is 11.2 Å². The van der Waals surface area contributed by atoms with Gasteiger partial charge in [0.2, 0.25) is 11.2 Å². The molecule has 0 aliphatic carbocycles. The highest BCUT2D eigenvalue weighted by atomic mass is 32.2. The van der Waals surface area contributed by atoms with Crippen molar-refractivity contribution in [3.63, 3.8) is 0 Å². The summed E-state index contributed by atoms with van der Waals surface area (Å²) in [5.74, 6) is 0.624. The SMILES string of the molecule is COCc1cc(C(C)N2CCC[C@H](Cc3cc(C)nc(C)c3)C2)nn1S(=O)N(C)C. The Morgan fingerprint density at radius 1 is 1.27 bits per heavy atom. The Hall–Kier alpha value is -1.61. The van der Waals surface area contributed by atoms with E-state index in [2.05, 4.69) is 42.8 Å². The summed E-state index contributed by atoms with van der Waals surface area (Å²) < 4.78 is 21.2. The van der Waals surface area contributed by atoms with Crippen molar-refractivity contribution in [1.29, 1.82) is 0 Å². The second-order valence-electron chi connectivity index (χ2n) is 8.55. The molecule has 0 N–H and O–H groups in total. The monoisotopic (exact) mass is 433 g/mol. The van der Waals surface area contributed by atoms with E-state index in [1.54, 1.807) is 29.6 Å². The highest BCUT2D eigenvalue weighted by Gasteiger charge is 2.27. The summed E-state index contributed by atoms with van der Waals surface area (Å²) >= 11 is -1.35. The molecule has 2 aromatic rings. The summed E-state index contributed by atoms with van der Waals surface area (Å²) in [5, 5.41) is 4.70. The van der Waals surface area contributed by atoms with Crippen LogP contribution in [0.15, 0.2) is 18.2 Å². The Labute approximate surface area is 183 Å². The third-order valence-corrected chi connectivity index (χ3v) is 6.95. The van der Waals surface area contributed by atoms with Crippen LogP contribution in [0.4, 0.5) is 0 Å². The van der Waals surface area contributed by atoms with Crippen LogP contribution in [0.25, 0.3) is 0 Å². The van der Waals surface area contributed by atoms with Crippen LogP contribution in [0.5, 0.6) is 0 Å². The summed E-state index contributed by atoms with van der Waals surface area (Å²) in [6.45, 7) is 8.84. The molecular formula is C22H35N5O2S. The van der Waals surface area contributed by atoms with E-state index in [1.807, 2.05) is 6.07 Å². The van der Waals surface area contributed by atoms with E-state index in [0.717, 1.165) is 42.3 Å². The molecule has 2 unspecified atom stereocenters. The lowest BCUT2D eigenvalue weighted by atomic mass is 9.90. The van der Waals surface area contributed by atoms with Gasteiger partial charge in [-0.3, -0.25) is 9.88 Å². The lowest BCUT2D eigenvalue weighted by Gasteiger charge is -2.36. The second-order valence-corrected chi connectivity index (χ2v) is 10.1. The molecule has 3 atom stereocenters. The number of likely N-dealkylation sites (tertiary alicyclic amines) is 1. The number of pyridine rings is 1. The third kappa shape index (κ3) is 5.55. The maximum absolute atomic E-state index is 12.6. The lowest BCUT2D eigenvalue weighted by molar-refractivity contribution is 0.129. The molecule has 8 heteroatoms. The van der Waals surface area contributed by atoms with Gasteiger partial charge in [0.1, 0.15) is 0 Å². The van der Waals surface area contributed by atoms with Crippen LogP contribution in [0.1, 0.15) is 54.1 Å². The first-order chi connectivity index (χ1) is 14.3. The van der Waals surface area contributed by atoms with Crippen LogP contribution in [-0.4, -0.2) is 61.9 Å². The van der Waals surface area contributed by atoms with Crippen molar-refractivity contribution in [2.24, 2.45) is 5.92 Å². The van der Waals surface area contributed by atoms with Gasteiger partial charge in [0.25, 0.3) is 0 Å². The first-order valence-electron chi connectivity index (χ1n) is 10.6. The number of hydrogen-bond acceptors (Lipinski definition) is 5. The van der Waals surface area contributed by atoms with E-state index >= 15 is 0 Å². The Morgan fingerprint density at radius 3 is 2.60 bits per heavy atom. The normalized spacial score (nSPS) is 19.9. The number of nitrogens with zero attached hydrogens (tertiary/aromatic N) is 5. The molecule has 0 aromatic carbocycles. The number of piperidine rings is 1. The van der Waals surface area contributed by atoms with Crippen LogP contribution >= 0.6 is 0 Å². The number of aromatic nitrogens is 3. The Bertz CT molecular complexity index is 862. The fourth-order valence-corrected chi connectivity index (χ4v) is 5.12. The van der Waals surface area contributed by atoms with Crippen molar-refractivity contribution in [2.75, 3.05) is 34.3 Å². The molecule has 0 amide bonds. The molecule has 1 aliphatic rings. The van der Waals surface area contributed by atoms with E-state index in [1.165, 1.54) is 18.4 Å². The summed E-state index contributed by atoms with van der Waals surface area (Å²) in [4.78, 5) is 7.01. The van der Waals surface area contributed by atoms with Crippen molar-refractivity contribution in [1.82, 2.24) is 23.4 Å². The molecule has 3 heterocycles. The molecule has 0 bridgehead atoms. The minimum absolute atomic E-state index is 0.171. The van der Waals surface area contributed by atoms with Gasteiger partial charge in [0, 0.05) is 39.1 Å². The summed E-state index contributed by atoms with van der Waals surface area (Å²) in [6, 6.07) is 6.63. The van der Waals surface area contributed by atoms with Crippen LogP contribution < -0.4 is 0 Å². The zero-order valence-electron chi connectivity index (χ0n) is 19.1. The molecule has 0 spiro atoms. The molecule has 7 nitrogen and oxygen atoms in total. The minimum Gasteiger partial charge on any atom is -0.378 e.